The first-order valence-electron chi connectivity index (χ1n) is 7.83. The molecule has 0 spiro atoms. The maximum atomic E-state index is 12.4. The summed E-state index contributed by atoms with van der Waals surface area (Å²) in [7, 11) is 1.36. The Hall–Kier alpha value is -1.60. The maximum absolute atomic E-state index is 12.4. The van der Waals surface area contributed by atoms with Gasteiger partial charge in [-0.3, -0.25) is 4.79 Å². The van der Waals surface area contributed by atoms with Gasteiger partial charge < -0.3 is 14.5 Å². The molecule has 5 nitrogen and oxygen atoms in total. The van der Waals surface area contributed by atoms with Crippen molar-refractivity contribution in [1.29, 1.82) is 0 Å². The Bertz CT molecular complexity index is 780. The van der Waals surface area contributed by atoms with Crippen LogP contribution in [-0.2, 0) is 17.6 Å². The summed E-state index contributed by atoms with van der Waals surface area (Å²) in [5.74, 6) is 0.0385. The third-order valence-corrected chi connectivity index (χ3v) is 5.95. The van der Waals surface area contributed by atoms with E-state index in [1.807, 2.05) is 0 Å². The summed E-state index contributed by atoms with van der Waals surface area (Å²) in [6.45, 7) is 2.18. The van der Waals surface area contributed by atoms with Crippen molar-refractivity contribution < 1.29 is 18.7 Å². The van der Waals surface area contributed by atoms with E-state index in [0.717, 1.165) is 31.2 Å². The Kier molecular flexibility index (Phi) is 5.10. The number of hydrogen-bond acceptors (Lipinski definition) is 5. The Morgan fingerprint density at radius 1 is 1.46 bits per heavy atom. The van der Waals surface area contributed by atoms with Gasteiger partial charge in [-0.2, -0.15) is 0 Å². The monoisotopic (exact) mass is 411 g/mol. The SMILES string of the molecule is CC[C@@H]1CCc2c(sc(NC(=O)c3ccc(Br)o3)c2C(=O)OC)C1. The van der Waals surface area contributed by atoms with E-state index in [2.05, 4.69) is 28.2 Å². The zero-order chi connectivity index (χ0) is 17.3. The number of nitrogens with one attached hydrogen (secondary N) is 1. The summed E-state index contributed by atoms with van der Waals surface area (Å²) in [6, 6.07) is 3.24. The second-order valence-electron chi connectivity index (χ2n) is 5.77. The minimum absolute atomic E-state index is 0.190. The third kappa shape index (κ3) is 3.28. The van der Waals surface area contributed by atoms with Crippen LogP contribution in [0.4, 0.5) is 5.00 Å². The summed E-state index contributed by atoms with van der Waals surface area (Å²) in [6.07, 6.45) is 3.97. The second-order valence-corrected chi connectivity index (χ2v) is 7.66. The molecule has 0 saturated carbocycles. The molecule has 2 aromatic rings. The van der Waals surface area contributed by atoms with Gasteiger partial charge in [0.05, 0.1) is 12.7 Å². The molecule has 0 saturated heterocycles. The van der Waals surface area contributed by atoms with Crippen LogP contribution < -0.4 is 5.32 Å². The highest BCUT2D eigenvalue weighted by Crippen LogP contribution is 2.41. The van der Waals surface area contributed by atoms with Gasteiger partial charge in [-0.25, -0.2) is 4.79 Å². The number of anilines is 1. The molecule has 0 unspecified atom stereocenters. The molecule has 1 aliphatic rings. The van der Waals surface area contributed by atoms with Crippen LogP contribution in [-0.4, -0.2) is 19.0 Å². The zero-order valence-electron chi connectivity index (χ0n) is 13.5. The molecule has 2 heterocycles. The van der Waals surface area contributed by atoms with Crippen molar-refractivity contribution in [3.8, 4) is 0 Å². The molecule has 1 N–H and O–H groups in total. The van der Waals surface area contributed by atoms with Gasteiger partial charge in [0.2, 0.25) is 0 Å². The predicted octanol–water partition coefficient (Wildman–Crippen LogP) is 4.66. The maximum Gasteiger partial charge on any atom is 0.341 e. The summed E-state index contributed by atoms with van der Waals surface area (Å²) in [4.78, 5) is 25.8. The van der Waals surface area contributed by atoms with Crippen LogP contribution in [0.5, 0.6) is 0 Å². The van der Waals surface area contributed by atoms with Crippen molar-refractivity contribution in [2.75, 3.05) is 12.4 Å². The van der Waals surface area contributed by atoms with Crippen molar-refractivity contribution in [1.82, 2.24) is 0 Å². The molecule has 128 valence electrons. The molecule has 3 rings (SSSR count). The lowest BCUT2D eigenvalue weighted by molar-refractivity contribution is 0.0601. The van der Waals surface area contributed by atoms with Gasteiger partial charge >= 0.3 is 5.97 Å². The van der Waals surface area contributed by atoms with Crippen molar-refractivity contribution in [3.05, 3.63) is 38.6 Å². The number of ether oxygens (including phenoxy) is 1. The number of carbonyl (C=O) groups excluding carboxylic acids is 2. The van der Waals surface area contributed by atoms with E-state index >= 15 is 0 Å². The third-order valence-electron chi connectivity index (χ3n) is 4.36. The minimum atomic E-state index is -0.404. The van der Waals surface area contributed by atoms with E-state index in [0.29, 0.717) is 21.2 Å². The molecule has 0 bridgehead atoms. The van der Waals surface area contributed by atoms with Gasteiger partial charge in [-0.1, -0.05) is 13.3 Å². The molecule has 0 fully saturated rings. The van der Waals surface area contributed by atoms with Gasteiger partial charge in [0.15, 0.2) is 10.4 Å². The standard InChI is InChI=1S/C17H18BrNO4S/c1-3-9-4-5-10-12(8-9)24-16(14(10)17(21)22-2)19-15(20)11-6-7-13(18)23-11/h6-7,9H,3-5,8H2,1-2H3,(H,19,20)/t9-/m1/s1. The van der Waals surface area contributed by atoms with E-state index in [4.69, 9.17) is 9.15 Å². The lowest BCUT2D eigenvalue weighted by Crippen LogP contribution is -2.16. The molecule has 24 heavy (non-hydrogen) atoms. The second kappa shape index (κ2) is 7.11. The highest BCUT2D eigenvalue weighted by molar-refractivity contribution is 9.10. The Morgan fingerprint density at radius 3 is 2.88 bits per heavy atom. The number of amides is 1. The Labute approximate surface area is 152 Å². The summed E-state index contributed by atoms with van der Waals surface area (Å²) in [5, 5.41) is 3.35. The van der Waals surface area contributed by atoms with E-state index in [1.54, 1.807) is 12.1 Å². The number of methoxy groups -OCH3 is 1. The number of thiophene rings is 1. The van der Waals surface area contributed by atoms with E-state index < -0.39 is 5.97 Å². The number of halogens is 1. The smallest absolute Gasteiger partial charge is 0.341 e. The number of carbonyl (C=O) groups is 2. The summed E-state index contributed by atoms with van der Waals surface area (Å²) >= 11 is 4.65. The predicted molar refractivity (Wildman–Crippen MR) is 95.8 cm³/mol. The fourth-order valence-corrected chi connectivity index (χ4v) is 4.66. The normalized spacial score (nSPS) is 16.5. The van der Waals surface area contributed by atoms with Crippen molar-refractivity contribution in [3.63, 3.8) is 0 Å². The van der Waals surface area contributed by atoms with E-state index in [-0.39, 0.29) is 11.7 Å². The van der Waals surface area contributed by atoms with Gasteiger partial charge in [0.1, 0.15) is 5.00 Å². The fraction of sp³-hybridized carbons (Fsp3) is 0.412. The molecule has 0 radical (unpaired) electrons. The fourth-order valence-electron chi connectivity index (χ4n) is 3.01. The van der Waals surface area contributed by atoms with Gasteiger partial charge in [-0.05, 0) is 58.8 Å². The quantitative estimate of drug-likeness (QED) is 0.742. The van der Waals surface area contributed by atoms with Crippen molar-refractivity contribution >= 4 is 44.1 Å². The number of rotatable bonds is 4. The van der Waals surface area contributed by atoms with Crippen molar-refractivity contribution in [2.45, 2.75) is 32.6 Å². The summed E-state index contributed by atoms with van der Waals surface area (Å²) < 4.78 is 10.7. The molecular weight excluding hydrogens is 394 g/mol. The topological polar surface area (TPSA) is 68.5 Å². The van der Waals surface area contributed by atoms with E-state index in [9.17, 15) is 9.59 Å². The molecule has 7 heteroatoms. The largest absolute Gasteiger partial charge is 0.465 e. The van der Waals surface area contributed by atoms with Gasteiger partial charge in [0.25, 0.3) is 5.91 Å². The highest BCUT2D eigenvalue weighted by Gasteiger charge is 2.30. The zero-order valence-corrected chi connectivity index (χ0v) is 15.9. The average molecular weight is 412 g/mol. The number of fused-ring (bicyclic) bond motifs is 1. The Balaban J connectivity index is 1.93. The van der Waals surface area contributed by atoms with Crippen LogP contribution in [0, 0.1) is 5.92 Å². The molecule has 0 aliphatic heterocycles. The molecule has 1 aliphatic carbocycles. The first kappa shape index (κ1) is 17.2. The molecular formula is C17H18BrNO4S. The van der Waals surface area contributed by atoms with Crippen LogP contribution in [0.2, 0.25) is 0 Å². The van der Waals surface area contributed by atoms with Crippen LogP contribution in [0.1, 0.15) is 51.1 Å². The average Bonchev–Trinajstić information content (AvgIpc) is 3.16. The minimum Gasteiger partial charge on any atom is -0.465 e. The number of furan rings is 1. The van der Waals surface area contributed by atoms with E-state index in [1.165, 1.54) is 23.3 Å². The lowest BCUT2D eigenvalue weighted by Gasteiger charge is -2.20. The number of hydrogen-bond donors (Lipinski definition) is 1. The Morgan fingerprint density at radius 2 is 2.25 bits per heavy atom. The van der Waals surface area contributed by atoms with Crippen LogP contribution in [0.15, 0.2) is 21.2 Å². The van der Waals surface area contributed by atoms with Gasteiger partial charge in [0, 0.05) is 4.88 Å². The molecule has 1 amide bonds. The molecule has 2 aromatic heterocycles. The first-order chi connectivity index (χ1) is 11.5. The van der Waals surface area contributed by atoms with Gasteiger partial charge in [-0.15, -0.1) is 11.3 Å². The molecule has 1 atom stereocenters. The van der Waals surface area contributed by atoms with Crippen LogP contribution in [0.3, 0.4) is 0 Å². The number of esters is 1. The molecule has 0 aromatic carbocycles. The van der Waals surface area contributed by atoms with Crippen LogP contribution in [0.25, 0.3) is 0 Å². The van der Waals surface area contributed by atoms with Crippen LogP contribution >= 0.6 is 27.3 Å². The first-order valence-corrected chi connectivity index (χ1v) is 9.44. The summed E-state index contributed by atoms with van der Waals surface area (Å²) in [5.41, 5.74) is 1.51. The van der Waals surface area contributed by atoms with Crippen molar-refractivity contribution in [2.24, 2.45) is 5.92 Å². The highest BCUT2D eigenvalue weighted by atomic mass is 79.9. The lowest BCUT2D eigenvalue weighted by atomic mass is 9.86.